The summed E-state index contributed by atoms with van der Waals surface area (Å²) >= 11 is 0. The molecule has 0 radical (unpaired) electrons. The van der Waals surface area contributed by atoms with Crippen molar-refractivity contribution in [3.05, 3.63) is 35.3 Å². The first-order valence-corrected chi connectivity index (χ1v) is 4.35. The van der Waals surface area contributed by atoms with E-state index in [2.05, 4.69) is 10.3 Å². The molecule has 0 aliphatic rings. The van der Waals surface area contributed by atoms with Crippen molar-refractivity contribution < 1.29 is 19.3 Å². The maximum absolute atomic E-state index is 13.4. The number of H-pyrrole nitrogens is 1. The van der Waals surface area contributed by atoms with Crippen LogP contribution in [0, 0.1) is 17.5 Å². The van der Waals surface area contributed by atoms with Crippen molar-refractivity contribution in [2.45, 2.75) is 0 Å². The normalized spacial score (nSPS) is 11.6. The zero-order valence-electron chi connectivity index (χ0n) is 9.12. The predicted octanol–water partition coefficient (Wildman–Crippen LogP) is 1.94. The Labute approximate surface area is 89.7 Å². The van der Waals surface area contributed by atoms with E-state index in [0.717, 1.165) is 0 Å². The number of aromatic amines is 1. The number of aromatic nitrogens is 1. The van der Waals surface area contributed by atoms with Crippen LogP contribution in [-0.2, 0) is 0 Å². The Bertz CT molecular complexity index is 624. The van der Waals surface area contributed by atoms with E-state index >= 15 is 0 Å². The van der Waals surface area contributed by atoms with Crippen LogP contribution < -0.4 is 5.32 Å². The molecule has 0 saturated heterocycles. The number of nitrogens with one attached hydrogen (secondary N) is 2. The van der Waals surface area contributed by atoms with E-state index in [1.807, 2.05) is 0 Å². The molecule has 2 rings (SSSR count). The molecule has 2 aromatic rings. The van der Waals surface area contributed by atoms with Gasteiger partial charge in [0.25, 0.3) is 5.91 Å². The molecule has 2 N–H and O–H groups in total. The first-order valence-electron chi connectivity index (χ1n) is 4.85. The Kier molecular flexibility index (Phi) is 2.05. The van der Waals surface area contributed by atoms with Crippen molar-refractivity contribution in [3.63, 3.8) is 0 Å². The molecule has 1 aromatic carbocycles. The summed E-state index contributed by atoms with van der Waals surface area (Å²) in [5.41, 5.74) is -0.836. The molecule has 1 heterocycles. The third-order valence-electron chi connectivity index (χ3n) is 2.13. The molecule has 0 aliphatic heterocycles. The lowest BCUT2D eigenvalue weighted by atomic mass is 10.2. The average molecular weight is 229 g/mol. The minimum atomic E-state index is -1.38. The summed E-state index contributed by atoms with van der Waals surface area (Å²) in [4.78, 5) is 13.5. The van der Waals surface area contributed by atoms with Gasteiger partial charge < -0.3 is 10.3 Å². The highest BCUT2D eigenvalue weighted by molar-refractivity contribution is 5.98. The highest BCUT2D eigenvalue weighted by Gasteiger charge is 2.17. The molecule has 0 unspecified atom stereocenters. The summed E-state index contributed by atoms with van der Waals surface area (Å²) in [6, 6.07) is -0.160. The number of carbonyl (C=O) groups excluding carboxylic acids is 1. The third kappa shape index (κ3) is 1.42. The minimum Gasteiger partial charge on any atom is -0.354 e. The molecule has 0 fully saturated rings. The van der Waals surface area contributed by atoms with Crippen LogP contribution >= 0.6 is 0 Å². The smallest absolute Gasteiger partial charge is 0.267 e. The van der Waals surface area contributed by atoms with E-state index in [1.54, 1.807) is 0 Å². The Morgan fingerprint density at radius 2 is 2.12 bits per heavy atom. The molecule has 16 heavy (non-hydrogen) atoms. The molecule has 6 heteroatoms. The summed E-state index contributed by atoms with van der Waals surface area (Å²) in [5, 5.41) is 1.77. The molecule has 1 aromatic heterocycles. The van der Waals surface area contributed by atoms with Crippen molar-refractivity contribution in [1.82, 2.24) is 10.3 Å². The van der Waals surface area contributed by atoms with Gasteiger partial charge in [-0.25, -0.2) is 13.2 Å². The van der Waals surface area contributed by atoms with Crippen LogP contribution in [0.25, 0.3) is 10.9 Å². The van der Waals surface area contributed by atoms with Crippen molar-refractivity contribution in [3.8, 4) is 0 Å². The van der Waals surface area contributed by atoms with Gasteiger partial charge in [0.15, 0.2) is 11.6 Å². The molecule has 0 bridgehead atoms. The highest BCUT2D eigenvalue weighted by Crippen LogP contribution is 2.24. The maximum Gasteiger partial charge on any atom is 0.267 e. The topological polar surface area (TPSA) is 44.9 Å². The molecule has 0 atom stereocenters. The molecule has 0 aliphatic carbocycles. The van der Waals surface area contributed by atoms with Crippen molar-refractivity contribution >= 4 is 16.8 Å². The third-order valence-corrected chi connectivity index (χ3v) is 2.13. The number of halogens is 3. The molecule has 0 saturated carbocycles. The first-order chi connectivity index (χ1) is 7.97. The standard InChI is InChI=1S/C10H7F3N2O/c1-14-10(16)7-2-4-5(11)3-6(12)8(13)9(4)15-7/h2-3,15H,1H3,(H,14,16)/i2D. The summed E-state index contributed by atoms with van der Waals surface area (Å²) in [6.45, 7) is 0. The largest absolute Gasteiger partial charge is 0.354 e. The van der Waals surface area contributed by atoms with Gasteiger partial charge in [0.2, 0.25) is 0 Å². The Morgan fingerprint density at radius 1 is 1.44 bits per heavy atom. The number of rotatable bonds is 1. The number of amides is 1. The van der Waals surface area contributed by atoms with Gasteiger partial charge in [-0.3, -0.25) is 4.79 Å². The molecular formula is C10H7F3N2O. The van der Waals surface area contributed by atoms with Crippen LogP contribution in [0.3, 0.4) is 0 Å². The Balaban J connectivity index is 2.86. The maximum atomic E-state index is 13.4. The van der Waals surface area contributed by atoms with Crippen LogP contribution in [-0.4, -0.2) is 17.9 Å². The van der Waals surface area contributed by atoms with Gasteiger partial charge >= 0.3 is 0 Å². The van der Waals surface area contributed by atoms with Crippen LogP contribution in [0.15, 0.2) is 12.1 Å². The van der Waals surface area contributed by atoms with E-state index in [4.69, 9.17) is 1.37 Å². The number of fused-ring (bicyclic) bond motifs is 1. The van der Waals surface area contributed by atoms with Gasteiger partial charge in [-0.1, -0.05) is 0 Å². The van der Waals surface area contributed by atoms with Crippen molar-refractivity contribution in [2.24, 2.45) is 0 Å². The minimum absolute atomic E-state index is 0.314. The fourth-order valence-corrected chi connectivity index (χ4v) is 1.35. The number of carbonyl (C=O) groups is 1. The number of benzene rings is 1. The highest BCUT2D eigenvalue weighted by atomic mass is 19.2. The van der Waals surface area contributed by atoms with Crippen molar-refractivity contribution in [1.29, 1.82) is 0 Å². The van der Waals surface area contributed by atoms with Gasteiger partial charge in [-0.15, -0.1) is 0 Å². The monoisotopic (exact) mass is 229 g/mol. The van der Waals surface area contributed by atoms with E-state index < -0.39 is 40.3 Å². The van der Waals surface area contributed by atoms with E-state index in [9.17, 15) is 18.0 Å². The second-order valence-corrected chi connectivity index (χ2v) is 3.11. The molecule has 1 amide bonds. The molecule has 3 nitrogen and oxygen atoms in total. The predicted molar refractivity (Wildman–Crippen MR) is 51.6 cm³/mol. The number of hydrogen-bond acceptors (Lipinski definition) is 1. The van der Waals surface area contributed by atoms with E-state index in [-0.39, 0.29) is 5.69 Å². The SMILES string of the molecule is [2H]c1c(C(=O)NC)[nH]c2c(F)c(F)cc(F)c12. The lowest BCUT2D eigenvalue weighted by Crippen LogP contribution is -2.17. The second kappa shape index (κ2) is 3.55. The quantitative estimate of drug-likeness (QED) is 0.721. The fourth-order valence-electron chi connectivity index (χ4n) is 1.35. The van der Waals surface area contributed by atoms with E-state index in [1.165, 1.54) is 7.05 Å². The van der Waals surface area contributed by atoms with Crippen LogP contribution in [0.4, 0.5) is 13.2 Å². The zero-order chi connectivity index (χ0) is 12.7. The fraction of sp³-hybridized carbons (Fsp3) is 0.100. The summed E-state index contributed by atoms with van der Waals surface area (Å²) < 4.78 is 47.2. The zero-order valence-corrected chi connectivity index (χ0v) is 8.12. The average Bonchev–Trinajstić information content (AvgIpc) is 2.64. The summed E-state index contributed by atoms with van der Waals surface area (Å²) in [6.07, 6.45) is 0. The molecule has 0 spiro atoms. The second-order valence-electron chi connectivity index (χ2n) is 3.11. The van der Waals surface area contributed by atoms with Gasteiger partial charge in [0.05, 0.1) is 6.89 Å². The van der Waals surface area contributed by atoms with Crippen LogP contribution in [0.1, 0.15) is 11.9 Å². The molecular weight excluding hydrogens is 221 g/mol. The summed E-state index contributed by atoms with van der Waals surface area (Å²) in [7, 11) is 1.31. The van der Waals surface area contributed by atoms with Crippen LogP contribution in [0.5, 0.6) is 0 Å². The van der Waals surface area contributed by atoms with Gasteiger partial charge in [-0.2, -0.15) is 0 Å². The Hall–Kier alpha value is -1.98. The van der Waals surface area contributed by atoms with Crippen molar-refractivity contribution in [2.75, 3.05) is 7.05 Å². The van der Waals surface area contributed by atoms with E-state index in [0.29, 0.717) is 6.07 Å². The lowest BCUT2D eigenvalue weighted by Gasteiger charge is -1.96. The van der Waals surface area contributed by atoms with Gasteiger partial charge in [0.1, 0.15) is 11.5 Å². The van der Waals surface area contributed by atoms with Crippen LogP contribution in [0.2, 0.25) is 0 Å². The lowest BCUT2D eigenvalue weighted by molar-refractivity contribution is 0.0959. The Morgan fingerprint density at radius 3 is 2.75 bits per heavy atom. The van der Waals surface area contributed by atoms with Gasteiger partial charge in [-0.05, 0) is 6.04 Å². The van der Waals surface area contributed by atoms with Gasteiger partial charge in [0, 0.05) is 18.5 Å². The summed E-state index contributed by atoms with van der Waals surface area (Å²) in [5.74, 6) is -4.48. The molecule has 84 valence electrons. The first kappa shape index (κ1) is 9.26. The number of hydrogen-bond donors (Lipinski definition) is 2.